The molecule has 2 rings (SSSR count). The molecule has 1 N–H and O–H groups in total. The first kappa shape index (κ1) is 8.10. The summed E-state index contributed by atoms with van der Waals surface area (Å²) in [5.41, 5.74) is 0.368. The number of aromatic nitrogens is 2. The van der Waals surface area contributed by atoms with Crippen LogP contribution < -0.4 is 5.32 Å². The fourth-order valence-corrected chi connectivity index (χ4v) is 1.38. The van der Waals surface area contributed by atoms with E-state index in [0.717, 1.165) is 25.3 Å². The third-order valence-corrected chi connectivity index (χ3v) is 2.03. The van der Waals surface area contributed by atoms with E-state index in [1.807, 2.05) is 0 Å². The number of hydrogen-bond donors (Lipinski definition) is 1. The van der Waals surface area contributed by atoms with Crippen LogP contribution in [0, 0.1) is 0 Å². The first-order chi connectivity index (χ1) is 6.31. The van der Waals surface area contributed by atoms with Crippen molar-refractivity contribution in [1.29, 1.82) is 0 Å². The van der Waals surface area contributed by atoms with Gasteiger partial charge in [-0.2, -0.15) is 5.10 Å². The summed E-state index contributed by atoms with van der Waals surface area (Å²) in [4.78, 5) is 11.1. The fraction of sp³-hybridized carbons (Fsp3) is 0.500. The molecule has 0 amide bonds. The third kappa shape index (κ3) is 1.37. The van der Waals surface area contributed by atoms with Crippen molar-refractivity contribution in [3.05, 3.63) is 11.8 Å². The summed E-state index contributed by atoms with van der Waals surface area (Å²) < 4.78 is 6.36. The van der Waals surface area contributed by atoms with Crippen LogP contribution in [0.3, 0.4) is 0 Å². The van der Waals surface area contributed by atoms with Gasteiger partial charge >= 0.3 is 5.97 Å². The van der Waals surface area contributed by atoms with Crippen molar-refractivity contribution in [1.82, 2.24) is 9.78 Å². The van der Waals surface area contributed by atoms with Crippen LogP contribution in [0.2, 0.25) is 0 Å². The van der Waals surface area contributed by atoms with Crippen molar-refractivity contribution >= 4 is 11.8 Å². The zero-order chi connectivity index (χ0) is 9.26. The van der Waals surface area contributed by atoms with Gasteiger partial charge in [-0.25, -0.2) is 9.48 Å². The molecule has 0 fully saturated rings. The summed E-state index contributed by atoms with van der Waals surface area (Å²) in [7, 11) is 1.36. The first-order valence-corrected chi connectivity index (χ1v) is 4.21. The summed E-state index contributed by atoms with van der Waals surface area (Å²) in [6.45, 7) is 1.80. The largest absolute Gasteiger partial charge is 0.464 e. The van der Waals surface area contributed by atoms with Gasteiger partial charge in [-0.05, 0) is 6.42 Å². The predicted octanol–water partition coefficient (Wildman–Crippen LogP) is 0.485. The summed E-state index contributed by atoms with van der Waals surface area (Å²) in [6, 6.07) is 1.71. The average Bonchev–Trinajstić information content (AvgIpc) is 2.59. The molecule has 5 heteroatoms. The maximum Gasteiger partial charge on any atom is 0.358 e. The number of carbonyl (C=O) groups is 1. The quantitative estimate of drug-likeness (QED) is 0.640. The van der Waals surface area contributed by atoms with Gasteiger partial charge in [-0.1, -0.05) is 0 Å². The second kappa shape index (κ2) is 3.08. The van der Waals surface area contributed by atoms with Gasteiger partial charge in [0, 0.05) is 19.2 Å². The Morgan fingerprint density at radius 3 is 3.31 bits per heavy atom. The molecule has 0 saturated carbocycles. The lowest BCUT2D eigenvalue weighted by Crippen LogP contribution is -2.17. The third-order valence-electron chi connectivity index (χ3n) is 2.03. The summed E-state index contributed by atoms with van der Waals surface area (Å²) in [6.07, 6.45) is 1.04. The van der Waals surface area contributed by atoms with Gasteiger partial charge in [0.25, 0.3) is 0 Å². The summed E-state index contributed by atoms with van der Waals surface area (Å²) in [5.74, 6) is 0.510. The molecule has 70 valence electrons. The van der Waals surface area contributed by atoms with Crippen LogP contribution >= 0.6 is 0 Å². The number of rotatable bonds is 1. The Kier molecular flexibility index (Phi) is 1.92. The number of ether oxygens (including phenoxy) is 1. The number of nitrogens with one attached hydrogen (secondary N) is 1. The van der Waals surface area contributed by atoms with E-state index >= 15 is 0 Å². The molecular formula is C8H11N3O2. The molecule has 0 radical (unpaired) electrons. The fourth-order valence-electron chi connectivity index (χ4n) is 1.38. The molecule has 0 aliphatic carbocycles. The van der Waals surface area contributed by atoms with Crippen molar-refractivity contribution in [3.63, 3.8) is 0 Å². The lowest BCUT2D eigenvalue weighted by Gasteiger charge is -2.14. The van der Waals surface area contributed by atoms with E-state index in [-0.39, 0.29) is 5.97 Å². The van der Waals surface area contributed by atoms with Crippen molar-refractivity contribution in [3.8, 4) is 0 Å². The average molecular weight is 181 g/mol. The first-order valence-electron chi connectivity index (χ1n) is 4.21. The van der Waals surface area contributed by atoms with E-state index in [2.05, 4.69) is 15.2 Å². The Morgan fingerprint density at radius 1 is 1.77 bits per heavy atom. The second-order valence-electron chi connectivity index (χ2n) is 2.91. The van der Waals surface area contributed by atoms with Gasteiger partial charge in [0.15, 0.2) is 5.69 Å². The Labute approximate surface area is 75.7 Å². The maximum absolute atomic E-state index is 11.1. The number of carbonyl (C=O) groups excluding carboxylic acids is 1. The lowest BCUT2D eigenvalue weighted by atomic mass is 10.3. The lowest BCUT2D eigenvalue weighted by molar-refractivity contribution is 0.0593. The van der Waals surface area contributed by atoms with E-state index in [9.17, 15) is 4.79 Å². The smallest absolute Gasteiger partial charge is 0.358 e. The SMILES string of the molecule is COC(=O)c1cc2n(n1)CCCN2. The Hall–Kier alpha value is -1.52. The van der Waals surface area contributed by atoms with Crippen LogP contribution in [0.25, 0.3) is 0 Å². The van der Waals surface area contributed by atoms with Crippen molar-refractivity contribution < 1.29 is 9.53 Å². The Balaban J connectivity index is 2.30. The van der Waals surface area contributed by atoms with Gasteiger partial charge in [0.05, 0.1) is 7.11 Å². The van der Waals surface area contributed by atoms with Crippen LogP contribution in [0.4, 0.5) is 5.82 Å². The minimum absolute atomic E-state index is 0.368. The summed E-state index contributed by atoms with van der Waals surface area (Å²) in [5, 5.41) is 7.26. The number of aryl methyl sites for hydroxylation is 1. The van der Waals surface area contributed by atoms with Gasteiger partial charge in [-0.3, -0.25) is 0 Å². The molecule has 0 atom stereocenters. The van der Waals surface area contributed by atoms with Crippen molar-refractivity contribution in [2.45, 2.75) is 13.0 Å². The number of hydrogen-bond acceptors (Lipinski definition) is 4. The number of esters is 1. The van der Waals surface area contributed by atoms with Crippen molar-refractivity contribution in [2.75, 3.05) is 19.0 Å². The molecule has 0 spiro atoms. The van der Waals surface area contributed by atoms with Gasteiger partial charge in [0.1, 0.15) is 5.82 Å². The molecule has 0 aromatic carbocycles. The Bertz CT molecular complexity index is 309. The highest BCUT2D eigenvalue weighted by atomic mass is 16.5. The van der Waals surface area contributed by atoms with Gasteiger partial charge < -0.3 is 10.1 Å². The van der Waals surface area contributed by atoms with E-state index in [1.54, 1.807) is 10.7 Å². The van der Waals surface area contributed by atoms with Crippen LogP contribution in [0.1, 0.15) is 16.9 Å². The number of methoxy groups -OCH3 is 1. The minimum Gasteiger partial charge on any atom is -0.464 e. The van der Waals surface area contributed by atoms with Gasteiger partial charge in [-0.15, -0.1) is 0 Å². The monoisotopic (exact) mass is 181 g/mol. The highest BCUT2D eigenvalue weighted by molar-refractivity contribution is 5.88. The summed E-state index contributed by atoms with van der Waals surface area (Å²) >= 11 is 0. The topological polar surface area (TPSA) is 56.2 Å². The van der Waals surface area contributed by atoms with E-state index in [4.69, 9.17) is 0 Å². The zero-order valence-electron chi connectivity index (χ0n) is 7.41. The number of anilines is 1. The number of nitrogens with zero attached hydrogens (tertiary/aromatic N) is 2. The highest BCUT2D eigenvalue weighted by Gasteiger charge is 2.16. The maximum atomic E-state index is 11.1. The molecule has 1 aliphatic rings. The minimum atomic E-state index is -0.385. The van der Waals surface area contributed by atoms with Crippen LogP contribution in [-0.2, 0) is 11.3 Å². The van der Waals surface area contributed by atoms with Crippen LogP contribution in [-0.4, -0.2) is 29.4 Å². The van der Waals surface area contributed by atoms with E-state index in [1.165, 1.54) is 7.11 Å². The van der Waals surface area contributed by atoms with Gasteiger partial charge in [0.2, 0.25) is 0 Å². The Morgan fingerprint density at radius 2 is 2.62 bits per heavy atom. The standard InChI is InChI=1S/C8H11N3O2/c1-13-8(12)6-5-7-9-3-2-4-11(7)10-6/h5,9H,2-4H2,1H3. The number of fused-ring (bicyclic) bond motifs is 1. The van der Waals surface area contributed by atoms with E-state index in [0.29, 0.717) is 5.69 Å². The van der Waals surface area contributed by atoms with Crippen LogP contribution in [0.5, 0.6) is 0 Å². The molecule has 1 aromatic heterocycles. The molecule has 13 heavy (non-hydrogen) atoms. The second-order valence-corrected chi connectivity index (χ2v) is 2.91. The molecule has 0 bridgehead atoms. The molecular weight excluding hydrogens is 170 g/mol. The van der Waals surface area contributed by atoms with Crippen LogP contribution in [0.15, 0.2) is 6.07 Å². The predicted molar refractivity (Wildman–Crippen MR) is 46.7 cm³/mol. The molecule has 2 heterocycles. The van der Waals surface area contributed by atoms with Crippen molar-refractivity contribution in [2.24, 2.45) is 0 Å². The molecule has 1 aliphatic heterocycles. The van der Waals surface area contributed by atoms with E-state index < -0.39 is 0 Å². The highest BCUT2D eigenvalue weighted by Crippen LogP contribution is 2.15. The molecule has 5 nitrogen and oxygen atoms in total. The normalized spacial score (nSPS) is 14.5. The molecule has 0 unspecified atom stereocenters. The molecule has 0 saturated heterocycles. The molecule has 1 aromatic rings. The zero-order valence-corrected chi connectivity index (χ0v) is 7.41.